The molecule has 0 fully saturated rings. The predicted molar refractivity (Wildman–Crippen MR) is 87.6 cm³/mol. The van der Waals surface area contributed by atoms with Crippen LogP contribution in [0.1, 0.15) is 25.8 Å². The number of nitrogens with one attached hydrogen (secondary N) is 2. The van der Waals surface area contributed by atoms with Gasteiger partial charge in [-0.1, -0.05) is 29.8 Å². The van der Waals surface area contributed by atoms with Crippen molar-refractivity contribution in [2.45, 2.75) is 26.7 Å². The molecule has 0 aliphatic carbocycles. The summed E-state index contributed by atoms with van der Waals surface area (Å²) in [5, 5.41) is 6.62. The van der Waals surface area contributed by atoms with Crippen molar-refractivity contribution in [2.24, 2.45) is 0 Å². The maximum Gasteiger partial charge on any atom is 0.135 e. The maximum atomic E-state index is 4.27. The largest absolute Gasteiger partial charge is 0.370 e. The van der Waals surface area contributed by atoms with Crippen molar-refractivity contribution in [1.29, 1.82) is 0 Å². The zero-order chi connectivity index (χ0) is 14.4. The van der Waals surface area contributed by atoms with Gasteiger partial charge < -0.3 is 10.6 Å². The first-order valence-corrected chi connectivity index (χ1v) is 7.63. The molecule has 2 rings (SSSR count). The van der Waals surface area contributed by atoms with E-state index in [4.69, 9.17) is 0 Å². The zero-order valence-electron chi connectivity index (χ0n) is 11.8. The summed E-state index contributed by atoms with van der Waals surface area (Å²) < 4.78 is 1.09. The Labute approximate surface area is 128 Å². The fraction of sp³-hybridized carbons (Fsp3) is 0.333. The fourth-order valence-corrected chi connectivity index (χ4v) is 2.30. The fourth-order valence-electron chi connectivity index (χ4n) is 1.89. The van der Waals surface area contributed by atoms with Gasteiger partial charge in [0.15, 0.2) is 0 Å². The van der Waals surface area contributed by atoms with E-state index >= 15 is 0 Å². The lowest BCUT2D eigenvalue weighted by molar-refractivity contribution is 0.965. The normalized spacial score (nSPS) is 10.3. The Hall–Kier alpha value is -1.62. The second kappa shape index (κ2) is 7.24. The Bertz CT molecular complexity index is 572. The first-order valence-electron chi connectivity index (χ1n) is 6.84. The summed E-state index contributed by atoms with van der Waals surface area (Å²) in [7, 11) is 0. The second-order valence-corrected chi connectivity index (χ2v) is 5.41. The SMILES string of the molecule is CCCNc1cc(Nc2ccc(Br)cc2CC)ncn1. The number of aryl methyl sites for hydroxylation is 1. The minimum atomic E-state index is 0.802. The van der Waals surface area contributed by atoms with E-state index in [0.29, 0.717) is 0 Å². The van der Waals surface area contributed by atoms with Crippen LogP contribution in [0.4, 0.5) is 17.3 Å². The van der Waals surface area contributed by atoms with Gasteiger partial charge in [0.25, 0.3) is 0 Å². The molecule has 0 radical (unpaired) electrons. The quantitative estimate of drug-likeness (QED) is 0.823. The minimum Gasteiger partial charge on any atom is -0.370 e. The summed E-state index contributed by atoms with van der Waals surface area (Å²) in [5.74, 6) is 1.65. The standard InChI is InChI=1S/C15H19BrN4/c1-3-7-17-14-9-15(19-10-18-14)20-13-6-5-12(16)8-11(13)4-2/h5-6,8-10H,3-4,7H2,1-2H3,(H2,17,18,19,20). The molecule has 4 nitrogen and oxygen atoms in total. The molecule has 0 aliphatic heterocycles. The van der Waals surface area contributed by atoms with Crippen LogP contribution < -0.4 is 10.6 Å². The van der Waals surface area contributed by atoms with Gasteiger partial charge in [-0.25, -0.2) is 9.97 Å². The van der Waals surface area contributed by atoms with Crippen LogP contribution in [-0.2, 0) is 6.42 Å². The van der Waals surface area contributed by atoms with Gasteiger partial charge in [0.05, 0.1) is 0 Å². The number of hydrogen-bond acceptors (Lipinski definition) is 4. The highest BCUT2D eigenvalue weighted by Gasteiger charge is 2.04. The molecular formula is C15H19BrN4. The molecule has 20 heavy (non-hydrogen) atoms. The van der Waals surface area contributed by atoms with E-state index in [9.17, 15) is 0 Å². The summed E-state index contributed by atoms with van der Waals surface area (Å²) in [5.41, 5.74) is 2.33. The molecule has 0 amide bonds. The summed E-state index contributed by atoms with van der Waals surface area (Å²) in [6, 6.07) is 8.14. The smallest absolute Gasteiger partial charge is 0.135 e. The number of aromatic nitrogens is 2. The van der Waals surface area contributed by atoms with Crippen molar-refractivity contribution in [1.82, 2.24) is 9.97 Å². The lowest BCUT2D eigenvalue weighted by Gasteiger charge is -2.11. The average Bonchev–Trinajstić information content (AvgIpc) is 2.47. The van der Waals surface area contributed by atoms with Crippen molar-refractivity contribution in [3.63, 3.8) is 0 Å². The van der Waals surface area contributed by atoms with E-state index in [0.717, 1.165) is 41.2 Å². The predicted octanol–water partition coefficient (Wildman–Crippen LogP) is 4.37. The average molecular weight is 335 g/mol. The molecular weight excluding hydrogens is 316 g/mol. The van der Waals surface area contributed by atoms with Crippen LogP contribution in [-0.4, -0.2) is 16.5 Å². The van der Waals surface area contributed by atoms with E-state index in [1.807, 2.05) is 12.1 Å². The second-order valence-electron chi connectivity index (χ2n) is 4.50. The molecule has 0 aliphatic rings. The molecule has 0 unspecified atom stereocenters. The first kappa shape index (κ1) is 14.8. The number of nitrogens with zero attached hydrogens (tertiary/aromatic N) is 2. The zero-order valence-corrected chi connectivity index (χ0v) is 13.4. The van der Waals surface area contributed by atoms with Crippen LogP contribution >= 0.6 is 15.9 Å². The third-order valence-electron chi connectivity index (χ3n) is 2.93. The Morgan fingerprint density at radius 2 is 1.90 bits per heavy atom. The third-order valence-corrected chi connectivity index (χ3v) is 3.43. The highest BCUT2D eigenvalue weighted by Crippen LogP contribution is 2.24. The van der Waals surface area contributed by atoms with Gasteiger partial charge >= 0.3 is 0 Å². The van der Waals surface area contributed by atoms with E-state index in [-0.39, 0.29) is 0 Å². The number of halogens is 1. The van der Waals surface area contributed by atoms with Crippen LogP contribution in [0, 0.1) is 0 Å². The summed E-state index contributed by atoms with van der Waals surface area (Å²) in [4.78, 5) is 8.47. The Kier molecular flexibility index (Phi) is 5.35. The monoisotopic (exact) mass is 334 g/mol. The Morgan fingerprint density at radius 3 is 2.65 bits per heavy atom. The van der Waals surface area contributed by atoms with Crippen molar-refractivity contribution in [2.75, 3.05) is 17.2 Å². The van der Waals surface area contributed by atoms with Crippen LogP contribution in [0.25, 0.3) is 0 Å². The lowest BCUT2D eigenvalue weighted by Crippen LogP contribution is -2.04. The Morgan fingerprint density at radius 1 is 1.10 bits per heavy atom. The topological polar surface area (TPSA) is 49.8 Å². The molecule has 2 N–H and O–H groups in total. The molecule has 1 aromatic heterocycles. The maximum absolute atomic E-state index is 4.27. The van der Waals surface area contributed by atoms with Gasteiger partial charge in [0.2, 0.25) is 0 Å². The molecule has 0 spiro atoms. The van der Waals surface area contributed by atoms with Gasteiger partial charge in [0, 0.05) is 22.8 Å². The minimum absolute atomic E-state index is 0.802. The highest BCUT2D eigenvalue weighted by molar-refractivity contribution is 9.10. The summed E-state index contributed by atoms with van der Waals surface area (Å²) >= 11 is 3.50. The van der Waals surface area contributed by atoms with Crippen LogP contribution in [0.3, 0.4) is 0 Å². The summed E-state index contributed by atoms with van der Waals surface area (Å²) in [6.07, 6.45) is 3.61. The lowest BCUT2D eigenvalue weighted by atomic mass is 10.1. The molecule has 2 aromatic rings. The van der Waals surface area contributed by atoms with Crippen molar-refractivity contribution in [3.8, 4) is 0 Å². The van der Waals surface area contributed by atoms with E-state index < -0.39 is 0 Å². The van der Waals surface area contributed by atoms with Crippen molar-refractivity contribution in [3.05, 3.63) is 40.6 Å². The number of anilines is 3. The molecule has 1 heterocycles. The Balaban J connectivity index is 2.17. The third kappa shape index (κ3) is 3.93. The molecule has 5 heteroatoms. The highest BCUT2D eigenvalue weighted by atomic mass is 79.9. The first-order chi connectivity index (χ1) is 9.72. The van der Waals surface area contributed by atoms with Crippen LogP contribution in [0.2, 0.25) is 0 Å². The molecule has 1 aromatic carbocycles. The molecule has 0 saturated heterocycles. The molecule has 0 bridgehead atoms. The van der Waals surface area contributed by atoms with E-state index in [1.165, 1.54) is 5.56 Å². The molecule has 0 atom stereocenters. The van der Waals surface area contributed by atoms with E-state index in [2.05, 4.69) is 62.5 Å². The van der Waals surface area contributed by atoms with Crippen molar-refractivity contribution >= 4 is 33.3 Å². The van der Waals surface area contributed by atoms with Gasteiger partial charge in [-0.3, -0.25) is 0 Å². The number of hydrogen-bond donors (Lipinski definition) is 2. The molecule has 106 valence electrons. The van der Waals surface area contributed by atoms with Gasteiger partial charge in [-0.05, 0) is 36.6 Å². The molecule has 0 saturated carbocycles. The number of benzene rings is 1. The number of rotatable bonds is 6. The van der Waals surface area contributed by atoms with Gasteiger partial charge in [-0.2, -0.15) is 0 Å². The van der Waals surface area contributed by atoms with Crippen LogP contribution in [0.5, 0.6) is 0 Å². The van der Waals surface area contributed by atoms with Crippen molar-refractivity contribution < 1.29 is 0 Å². The van der Waals surface area contributed by atoms with E-state index in [1.54, 1.807) is 6.33 Å². The van der Waals surface area contributed by atoms with Crippen LogP contribution in [0.15, 0.2) is 35.1 Å². The van der Waals surface area contributed by atoms with Gasteiger partial charge in [-0.15, -0.1) is 0 Å². The summed E-state index contributed by atoms with van der Waals surface area (Å²) in [6.45, 7) is 5.18. The van der Waals surface area contributed by atoms with Gasteiger partial charge in [0.1, 0.15) is 18.0 Å².